The number of rotatable bonds is 6. The molecule has 0 amide bonds. The van der Waals surface area contributed by atoms with Gasteiger partial charge in [0.2, 0.25) is 0 Å². The van der Waals surface area contributed by atoms with Crippen LogP contribution in [0.3, 0.4) is 0 Å². The van der Waals surface area contributed by atoms with Crippen LogP contribution in [0.4, 0.5) is 0 Å². The van der Waals surface area contributed by atoms with E-state index >= 15 is 0 Å². The van der Waals surface area contributed by atoms with Crippen molar-refractivity contribution in [1.29, 1.82) is 0 Å². The average Bonchev–Trinajstić information content (AvgIpc) is 3.08. The van der Waals surface area contributed by atoms with E-state index < -0.39 is 0 Å². The van der Waals surface area contributed by atoms with Crippen LogP contribution in [-0.2, 0) is 6.42 Å². The minimum atomic E-state index is 0.490. The summed E-state index contributed by atoms with van der Waals surface area (Å²) in [6.07, 6.45) is 7.68. The number of hydrogen-bond donors (Lipinski definition) is 0. The number of ether oxygens (including phenoxy) is 1. The molecule has 0 fully saturated rings. The fourth-order valence-corrected chi connectivity index (χ4v) is 3.40. The highest BCUT2D eigenvalue weighted by Gasteiger charge is 2.26. The molecule has 0 N–H and O–H groups in total. The molecule has 118 valence electrons. The number of nitrogens with zero attached hydrogens (tertiary/aromatic N) is 2. The van der Waals surface area contributed by atoms with Crippen molar-refractivity contribution in [3.63, 3.8) is 0 Å². The Balaban J connectivity index is 1.88. The third kappa shape index (κ3) is 3.05. The zero-order valence-corrected chi connectivity index (χ0v) is 13.7. The molecule has 3 nitrogen and oxygen atoms in total. The average molecular weight is 298 g/mol. The molecule has 22 heavy (non-hydrogen) atoms. The number of fused-ring (bicyclic) bond motifs is 1. The van der Waals surface area contributed by atoms with Crippen LogP contribution in [0.25, 0.3) is 5.69 Å². The summed E-state index contributed by atoms with van der Waals surface area (Å²) in [5.74, 6) is 1.05. The molecule has 0 saturated carbocycles. The maximum Gasteiger partial charge on any atom is 0.124 e. The Hall–Kier alpha value is -1.74. The minimum Gasteiger partial charge on any atom is -0.492 e. The standard InChI is InChI=1S/C19H26N2O/c1-3-10-20(11-4-2)16-14-17-18(21-12-5-6-13-21)8-7-9-19(17)22-15-16/h5-9,12-13,16H,3-4,10-11,14-15H2,1-2H3. The van der Waals surface area contributed by atoms with Crippen molar-refractivity contribution >= 4 is 0 Å². The Morgan fingerprint density at radius 2 is 1.82 bits per heavy atom. The van der Waals surface area contributed by atoms with Crippen LogP contribution < -0.4 is 4.74 Å². The van der Waals surface area contributed by atoms with Crippen molar-refractivity contribution in [1.82, 2.24) is 9.47 Å². The molecule has 0 saturated heterocycles. The molecule has 1 unspecified atom stereocenters. The van der Waals surface area contributed by atoms with Gasteiger partial charge in [-0.25, -0.2) is 0 Å². The molecule has 0 aliphatic carbocycles. The molecule has 2 heterocycles. The first-order valence-electron chi connectivity index (χ1n) is 8.45. The second-order valence-electron chi connectivity index (χ2n) is 6.05. The second-order valence-corrected chi connectivity index (χ2v) is 6.05. The first-order valence-corrected chi connectivity index (χ1v) is 8.45. The van der Waals surface area contributed by atoms with Gasteiger partial charge in [-0.1, -0.05) is 19.9 Å². The molecule has 1 aromatic heterocycles. The number of hydrogen-bond acceptors (Lipinski definition) is 2. The van der Waals surface area contributed by atoms with E-state index in [0.717, 1.165) is 31.9 Å². The van der Waals surface area contributed by atoms with Crippen LogP contribution in [0, 0.1) is 0 Å². The third-order valence-corrected chi connectivity index (χ3v) is 4.40. The molecular weight excluding hydrogens is 272 g/mol. The lowest BCUT2D eigenvalue weighted by Crippen LogP contribution is -2.44. The Bertz CT molecular complexity index is 585. The molecule has 0 radical (unpaired) electrons. The second kappa shape index (κ2) is 7.01. The van der Waals surface area contributed by atoms with Crippen molar-refractivity contribution in [2.45, 2.75) is 39.2 Å². The molecule has 1 aliphatic rings. The maximum absolute atomic E-state index is 6.09. The van der Waals surface area contributed by atoms with Gasteiger partial charge in [0.15, 0.2) is 0 Å². The van der Waals surface area contributed by atoms with Crippen molar-refractivity contribution in [3.8, 4) is 11.4 Å². The first kappa shape index (κ1) is 15.2. The molecule has 0 spiro atoms. The van der Waals surface area contributed by atoms with E-state index in [0.29, 0.717) is 6.04 Å². The summed E-state index contributed by atoms with van der Waals surface area (Å²) in [4.78, 5) is 2.59. The van der Waals surface area contributed by atoms with Crippen LogP contribution in [0.2, 0.25) is 0 Å². The van der Waals surface area contributed by atoms with Gasteiger partial charge in [-0.2, -0.15) is 0 Å². The van der Waals surface area contributed by atoms with Gasteiger partial charge < -0.3 is 9.30 Å². The van der Waals surface area contributed by atoms with Gasteiger partial charge in [-0.15, -0.1) is 0 Å². The lowest BCUT2D eigenvalue weighted by Gasteiger charge is -2.35. The van der Waals surface area contributed by atoms with E-state index in [4.69, 9.17) is 4.74 Å². The van der Waals surface area contributed by atoms with Gasteiger partial charge in [0.25, 0.3) is 0 Å². The van der Waals surface area contributed by atoms with E-state index in [9.17, 15) is 0 Å². The minimum absolute atomic E-state index is 0.490. The van der Waals surface area contributed by atoms with Gasteiger partial charge in [-0.3, -0.25) is 4.90 Å². The Morgan fingerprint density at radius 3 is 2.50 bits per heavy atom. The SMILES string of the molecule is CCCN(CCC)C1COc2cccc(-n3cccc3)c2C1. The maximum atomic E-state index is 6.09. The monoisotopic (exact) mass is 298 g/mol. The van der Waals surface area contributed by atoms with Crippen LogP contribution in [0.1, 0.15) is 32.3 Å². The predicted octanol–water partition coefficient (Wildman–Crippen LogP) is 3.90. The van der Waals surface area contributed by atoms with Gasteiger partial charge in [0, 0.05) is 24.0 Å². The summed E-state index contributed by atoms with van der Waals surface area (Å²) < 4.78 is 8.28. The quantitative estimate of drug-likeness (QED) is 0.804. The summed E-state index contributed by atoms with van der Waals surface area (Å²) in [6, 6.07) is 11.0. The van der Waals surface area contributed by atoms with Crippen LogP contribution in [-0.4, -0.2) is 35.2 Å². The smallest absolute Gasteiger partial charge is 0.124 e. The highest BCUT2D eigenvalue weighted by Crippen LogP contribution is 2.31. The van der Waals surface area contributed by atoms with Crippen molar-refractivity contribution in [2.75, 3.05) is 19.7 Å². The summed E-state index contributed by atoms with van der Waals surface area (Å²) in [5, 5.41) is 0. The van der Waals surface area contributed by atoms with Crippen LogP contribution >= 0.6 is 0 Å². The summed E-state index contributed by atoms with van der Waals surface area (Å²) in [7, 11) is 0. The van der Waals surface area contributed by atoms with E-state index in [1.165, 1.54) is 24.1 Å². The molecule has 1 aliphatic heterocycles. The predicted molar refractivity (Wildman–Crippen MR) is 90.9 cm³/mol. The van der Waals surface area contributed by atoms with Crippen molar-refractivity contribution < 1.29 is 4.74 Å². The number of aromatic nitrogens is 1. The molecule has 3 rings (SSSR count). The topological polar surface area (TPSA) is 17.4 Å². The molecule has 1 aromatic carbocycles. The van der Waals surface area contributed by atoms with Gasteiger partial charge in [0.1, 0.15) is 12.4 Å². The normalized spacial score (nSPS) is 17.3. The van der Waals surface area contributed by atoms with E-state index in [-0.39, 0.29) is 0 Å². The highest BCUT2D eigenvalue weighted by molar-refractivity contribution is 5.51. The van der Waals surface area contributed by atoms with Gasteiger partial charge in [0.05, 0.1) is 5.69 Å². The summed E-state index contributed by atoms with van der Waals surface area (Å²) in [6.45, 7) is 7.63. The van der Waals surface area contributed by atoms with Crippen molar-refractivity contribution in [2.24, 2.45) is 0 Å². The highest BCUT2D eigenvalue weighted by atomic mass is 16.5. The summed E-state index contributed by atoms with van der Waals surface area (Å²) >= 11 is 0. The fraction of sp³-hybridized carbons (Fsp3) is 0.474. The van der Waals surface area contributed by atoms with Crippen LogP contribution in [0.5, 0.6) is 5.75 Å². The molecule has 1 atom stereocenters. The lowest BCUT2D eigenvalue weighted by atomic mass is 9.99. The number of benzene rings is 1. The van der Waals surface area contributed by atoms with Gasteiger partial charge >= 0.3 is 0 Å². The fourth-order valence-electron chi connectivity index (χ4n) is 3.40. The molecule has 0 bridgehead atoms. The molecule has 2 aromatic rings. The molecular formula is C19H26N2O. The van der Waals surface area contributed by atoms with Gasteiger partial charge in [-0.05, 0) is 56.6 Å². The molecule has 3 heteroatoms. The van der Waals surface area contributed by atoms with Crippen molar-refractivity contribution in [3.05, 3.63) is 48.3 Å². The lowest BCUT2D eigenvalue weighted by molar-refractivity contribution is 0.119. The van der Waals surface area contributed by atoms with E-state index in [1.54, 1.807) is 0 Å². The Labute approximate surface area is 133 Å². The first-order chi connectivity index (χ1) is 10.8. The third-order valence-electron chi connectivity index (χ3n) is 4.40. The Kier molecular flexibility index (Phi) is 4.84. The Morgan fingerprint density at radius 1 is 1.09 bits per heavy atom. The largest absolute Gasteiger partial charge is 0.492 e. The zero-order chi connectivity index (χ0) is 15.4. The summed E-state index contributed by atoms with van der Waals surface area (Å²) in [5.41, 5.74) is 2.59. The van der Waals surface area contributed by atoms with E-state index in [1.807, 2.05) is 0 Å². The van der Waals surface area contributed by atoms with E-state index in [2.05, 4.69) is 66.0 Å². The zero-order valence-electron chi connectivity index (χ0n) is 13.7. The van der Waals surface area contributed by atoms with Crippen LogP contribution in [0.15, 0.2) is 42.7 Å².